The first-order chi connectivity index (χ1) is 11.9. The van der Waals surface area contributed by atoms with Gasteiger partial charge in [0.05, 0.1) is 5.56 Å². The van der Waals surface area contributed by atoms with Gasteiger partial charge in [0.2, 0.25) is 0 Å². The molecule has 6 nitrogen and oxygen atoms in total. The number of hydrogen-bond acceptors (Lipinski definition) is 6. The molecule has 9 heteroatoms. The number of thiazole rings is 1. The zero-order chi connectivity index (χ0) is 18.1. The van der Waals surface area contributed by atoms with Crippen molar-refractivity contribution in [3.05, 3.63) is 24.8 Å². The van der Waals surface area contributed by atoms with E-state index < -0.39 is 0 Å². The molecule has 1 aliphatic rings. The quantitative estimate of drug-likeness (QED) is 0.692. The summed E-state index contributed by atoms with van der Waals surface area (Å²) in [5, 5.41) is 6.35. The van der Waals surface area contributed by atoms with Gasteiger partial charge in [0, 0.05) is 18.5 Å². The number of carbonyl (C=O) groups excluding carboxylic acids is 2. The molecule has 0 saturated heterocycles. The SMILES string of the molecule is CCNC(=O)c1c(NC(=O)c2sc(=S)n(C)c2N)sc2c1CCCC2. The molecule has 0 radical (unpaired) electrons. The molecule has 0 aromatic carbocycles. The number of nitrogens with one attached hydrogen (secondary N) is 2. The van der Waals surface area contributed by atoms with Crippen LogP contribution >= 0.6 is 34.9 Å². The van der Waals surface area contributed by atoms with Crippen molar-refractivity contribution in [3.63, 3.8) is 0 Å². The molecule has 25 heavy (non-hydrogen) atoms. The molecule has 134 valence electrons. The molecule has 0 atom stereocenters. The van der Waals surface area contributed by atoms with E-state index in [-0.39, 0.29) is 11.8 Å². The smallest absolute Gasteiger partial charge is 0.270 e. The second kappa shape index (κ2) is 7.27. The van der Waals surface area contributed by atoms with Crippen LogP contribution in [-0.4, -0.2) is 22.9 Å². The fraction of sp³-hybridized carbons (Fsp3) is 0.438. The van der Waals surface area contributed by atoms with Crippen LogP contribution in [-0.2, 0) is 19.9 Å². The van der Waals surface area contributed by atoms with Crippen molar-refractivity contribution < 1.29 is 9.59 Å². The van der Waals surface area contributed by atoms with Crippen molar-refractivity contribution in [2.24, 2.45) is 7.05 Å². The molecule has 0 unspecified atom stereocenters. The highest BCUT2D eigenvalue weighted by Gasteiger charge is 2.27. The summed E-state index contributed by atoms with van der Waals surface area (Å²) in [6, 6.07) is 0. The minimum absolute atomic E-state index is 0.133. The highest BCUT2D eigenvalue weighted by Crippen LogP contribution is 2.38. The highest BCUT2D eigenvalue weighted by atomic mass is 32.1. The molecule has 3 rings (SSSR count). The number of thiophene rings is 1. The topological polar surface area (TPSA) is 89.2 Å². The number of nitrogen functional groups attached to an aromatic ring is 1. The maximum absolute atomic E-state index is 12.7. The fourth-order valence-corrected chi connectivity index (χ4v) is 5.35. The predicted octanol–water partition coefficient (Wildman–Crippen LogP) is 3.34. The first-order valence-electron chi connectivity index (χ1n) is 8.13. The van der Waals surface area contributed by atoms with Gasteiger partial charge in [-0.1, -0.05) is 11.3 Å². The van der Waals surface area contributed by atoms with Crippen LogP contribution in [0.2, 0.25) is 0 Å². The number of aromatic nitrogens is 1. The predicted molar refractivity (Wildman–Crippen MR) is 105 cm³/mol. The van der Waals surface area contributed by atoms with Gasteiger partial charge < -0.3 is 20.9 Å². The number of hydrogen-bond donors (Lipinski definition) is 3. The lowest BCUT2D eigenvalue weighted by molar-refractivity contribution is 0.0956. The third-order valence-electron chi connectivity index (χ3n) is 4.23. The number of anilines is 2. The summed E-state index contributed by atoms with van der Waals surface area (Å²) in [6.45, 7) is 2.43. The van der Waals surface area contributed by atoms with Gasteiger partial charge in [0.1, 0.15) is 15.7 Å². The summed E-state index contributed by atoms with van der Waals surface area (Å²) in [4.78, 5) is 26.8. The number of nitrogens with zero attached hydrogens (tertiary/aromatic N) is 1. The standard InChI is InChI=1S/C16H20N4O2S3/c1-3-18-13(21)10-8-6-4-5-7-9(8)24-15(10)19-14(22)11-12(17)20(2)16(23)25-11/h3-7,17H2,1-2H3,(H,18,21)(H,19,22). The Balaban J connectivity index is 1.97. The Kier molecular flexibility index (Phi) is 5.26. The molecule has 0 saturated carbocycles. The van der Waals surface area contributed by atoms with Gasteiger partial charge in [-0.3, -0.25) is 9.59 Å². The first kappa shape index (κ1) is 18.1. The number of carbonyl (C=O) groups is 2. The maximum Gasteiger partial charge on any atom is 0.270 e. The lowest BCUT2D eigenvalue weighted by atomic mass is 9.95. The Morgan fingerprint density at radius 1 is 1.24 bits per heavy atom. The number of nitrogens with two attached hydrogens (primary N) is 1. The zero-order valence-corrected chi connectivity index (χ0v) is 16.6. The minimum atomic E-state index is -0.321. The molecule has 2 amide bonds. The molecule has 0 spiro atoms. The van der Waals surface area contributed by atoms with Gasteiger partial charge in [0.15, 0.2) is 3.95 Å². The lowest BCUT2D eigenvalue weighted by Gasteiger charge is -2.12. The van der Waals surface area contributed by atoms with Crippen LogP contribution in [0, 0.1) is 3.95 Å². The molecular formula is C16H20N4O2S3. The molecule has 4 N–H and O–H groups in total. The van der Waals surface area contributed by atoms with E-state index in [0.717, 1.165) is 31.2 Å². The molecule has 2 aromatic heterocycles. The van der Waals surface area contributed by atoms with Crippen LogP contribution in [0.15, 0.2) is 0 Å². The van der Waals surface area contributed by atoms with Crippen molar-refractivity contribution in [3.8, 4) is 0 Å². The Morgan fingerprint density at radius 2 is 1.96 bits per heavy atom. The third-order valence-corrected chi connectivity index (χ3v) is 7.00. The van der Waals surface area contributed by atoms with Crippen molar-refractivity contribution in [1.29, 1.82) is 0 Å². The summed E-state index contributed by atoms with van der Waals surface area (Å²) in [6.07, 6.45) is 4.01. The minimum Gasteiger partial charge on any atom is -0.384 e. The summed E-state index contributed by atoms with van der Waals surface area (Å²) in [7, 11) is 1.73. The third kappa shape index (κ3) is 3.36. The van der Waals surface area contributed by atoms with Gasteiger partial charge in [-0.05, 0) is 50.4 Å². The number of rotatable bonds is 4. The van der Waals surface area contributed by atoms with Gasteiger partial charge >= 0.3 is 0 Å². The largest absolute Gasteiger partial charge is 0.384 e. The fourth-order valence-electron chi connectivity index (χ4n) is 2.92. The summed E-state index contributed by atoms with van der Waals surface area (Å²) < 4.78 is 2.15. The van der Waals surface area contributed by atoms with Crippen molar-refractivity contribution in [1.82, 2.24) is 9.88 Å². The van der Waals surface area contributed by atoms with Crippen LogP contribution in [0.3, 0.4) is 0 Å². The monoisotopic (exact) mass is 396 g/mol. The summed E-state index contributed by atoms with van der Waals surface area (Å²) in [5.74, 6) is -0.113. The average molecular weight is 397 g/mol. The van der Waals surface area contributed by atoms with E-state index in [2.05, 4.69) is 10.6 Å². The van der Waals surface area contributed by atoms with Gasteiger partial charge in [-0.15, -0.1) is 11.3 Å². The highest BCUT2D eigenvalue weighted by molar-refractivity contribution is 7.73. The number of amides is 2. The van der Waals surface area contributed by atoms with E-state index in [1.165, 1.54) is 27.6 Å². The van der Waals surface area contributed by atoms with Crippen LogP contribution in [0.25, 0.3) is 0 Å². The maximum atomic E-state index is 12.7. The van der Waals surface area contributed by atoms with E-state index >= 15 is 0 Å². The van der Waals surface area contributed by atoms with E-state index in [4.69, 9.17) is 18.0 Å². The van der Waals surface area contributed by atoms with Crippen LogP contribution in [0.1, 0.15) is 50.2 Å². The molecule has 0 bridgehead atoms. The Labute approximate surface area is 159 Å². The molecule has 0 fully saturated rings. The van der Waals surface area contributed by atoms with E-state index in [1.807, 2.05) is 6.92 Å². The van der Waals surface area contributed by atoms with Crippen molar-refractivity contribution in [2.45, 2.75) is 32.6 Å². The average Bonchev–Trinajstić information content (AvgIpc) is 3.07. The first-order valence-corrected chi connectivity index (χ1v) is 10.2. The van der Waals surface area contributed by atoms with E-state index in [0.29, 0.717) is 31.8 Å². The van der Waals surface area contributed by atoms with E-state index in [9.17, 15) is 9.59 Å². The summed E-state index contributed by atoms with van der Waals surface area (Å²) >= 11 is 7.84. The summed E-state index contributed by atoms with van der Waals surface area (Å²) in [5.41, 5.74) is 7.65. The van der Waals surface area contributed by atoms with Crippen LogP contribution in [0.4, 0.5) is 10.8 Å². The molecule has 2 heterocycles. The Hall–Kier alpha value is -1.71. The lowest BCUT2D eigenvalue weighted by Crippen LogP contribution is -2.25. The molecular weight excluding hydrogens is 376 g/mol. The van der Waals surface area contributed by atoms with Crippen molar-refractivity contribution >= 4 is 57.5 Å². The Bertz CT molecular complexity index is 894. The number of aryl methyl sites for hydroxylation is 1. The second-order valence-electron chi connectivity index (χ2n) is 5.87. The molecule has 1 aliphatic carbocycles. The molecule has 2 aromatic rings. The van der Waals surface area contributed by atoms with E-state index in [1.54, 1.807) is 11.6 Å². The van der Waals surface area contributed by atoms with Gasteiger partial charge in [-0.2, -0.15) is 0 Å². The van der Waals surface area contributed by atoms with Gasteiger partial charge in [-0.25, -0.2) is 0 Å². The number of fused-ring (bicyclic) bond motifs is 1. The zero-order valence-electron chi connectivity index (χ0n) is 14.1. The van der Waals surface area contributed by atoms with Crippen molar-refractivity contribution in [2.75, 3.05) is 17.6 Å². The molecule has 0 aliphatic heterocycles. The Morgan fingerprint density at radius 3 is 2.60 bits per heavy atom. The second-order valence-corrected chi connectivity index (χ2v) is 8.62. The normalized spacial score (nSPS) is 13.4. The van der Waals surface area contributed by atoms with Gasteiger partial charge in [0.25, 0.3) is 11.8 Å². The van der Waals surface area contributed by atoms with Crippen LogP contribution in [0.5, 0.6) is 0 Å². The van der Waals surface area contributed by atoms with Crippen LogP contribution < -0.4 is 16.4 Å².